The van der Waals surface area contributed by atoms with Crippen LogP contribution in [-0.2, 0) is 21.3 Å². The number of sulfonamides is 1. The van der Waals surface area contributed by atoms with E-state index in [1.54, 1.807) is 24.3 Å². The van der Waals surface area contributed by atoms with E-state index in [-0.39, 0.29) is 29.8 Å². The van der Waals surface area contributed by atoms with Gasteiger partial charge in [-0.05, 0) is 29.7 Å². The number of nitrogens with zero attached hydrogens (tertiary/aromatic N) is 3. The average Bonchev–Trinajstić information content (AvgIpc) is 3.27. The fourth-order valence-corrected chi connectivity index (χ4v) is 5.23. The summed E-state index contributed by atoms with van der Waals surface area (Å²) in [5.41, 5.74) is 1.79. The number of benzene rings is 1. The minimum absolute atomic E-state index is 0.0370. The van der Waals surface area contributed by atoms with Gasteiger partial charge in [-0.1, -0.05) is 37.6 Å². The van der Waals surface area contributed by atoms with E-state index in [0.717, 1.165) is 27.9 Å². The summed E-state index contributed by atoms with van der Waals surface area (Å²) in [6.07, 6.45) is 0.958. The Morgan fingerprint density at radius 2 is 1.94 bits per heavy atom. The van der Waals surface area contributed by atoms with Crippen molar-refractivity contribution in [2.45, 2.75) is 25.3 Å². The Hall–Kier alpha value is -2.76. The van der Waals surface area contributed by atoms with Crippen molar-refractivity contribution >= 4 is 43.9 Å². The van der Waals surface area contributed by atoms with Crippen LogP contribution in [0.15, 0.2) is 46.9 Å². The average molecular weight is 514 g/mol. The first-order chi connectivity index (χ1) is 15.6. The van der Waals surface area contributed by atoms with Crippen molar-refractivity contribution < 1.29 is 27.1 Å². The number of pyridine rings is 1. The molecule has 0 spiro atoms. The number of anilines is 1. The van der Waals surface area contributed by atoms with Crippen LogP contribution in [0.4, 0.5) is 9.39 Å². The summed E-state index contributed by atoms with van der Waals surface area (Å²) < 4.78 is 52.5. The summed E-state index contributed by atoms with van der Waals surface area (Å²) in [6, 6.07) is 7.49. The Kier molecular flexibility index (Phi) is 7.88. The molecule has 1 aromatic carbocycles. The summed E-state index contributed by atoms with van der Waals surface area (Å²) in [7, 11) is -2.85. The van der Waals surface area contributed by atoms with E-state index in [9.17, 15) is 17.6 Å². The molecule has 0 N–H and O–H groups in total. The molecule has 0 saturated heterocycles. The van der Waals surface area contributed by atoms with Gasteiger partial charge in [-0.2, -0.15) is 0 Å². The highest BCUT2D eigenvalue weighted by molar-refractivity contribution is 7.93. The smallest absolute Gasteiger partial charge is 0.360 e. The van der Waals surface area contributed by atoms with Crippen molar-refractivity contribution in [3.05, 3.63) is 64.3 Å². The molecular formula is C21H21ClFN3O5S2. The topological polar surface area (TPSA) is 98.7 Å². The van der Waals surface area contributed by atoms with Gasteiger partial charge in [0.2, 0.25) is 0 Å². The molecule has 0 aliphatic carbocycles. The number of hydrogen-bond acceptors (Lipinski definition) is 8. The minimum atomic E-state index is -4.36. The predicted octanol–water partition coefficient (Wildman–Crippen LogP) is 4.55. The van der Waals surface area contributed by atoms with Gasteiger partial charge in [-0.15, -0.1) is 11.3 Å². The molecular weight excluding hydrogens is 493 g/mol. The van der Waals surface area contributed by atoms with Crippen LogP contribution in [0.25, 0.3) is 0 Å². The van der Waals surface area contributed by atoms with E-state index in [0.29, 0.717) is 11.3 Å². The van der Waals surface area contributed by atoms with Crippen LogP contribution in [0.3, 0.4) is 0 Å². The lowest BCUT2D eigenvalue weighted by molar-refractivity contribution is 0.0454. The summed E-state index contributed by atoms with van der Waals surface area (Å²) in [5.74, 6) is -1.07. The van der Waals surface area contributed by atoms with Gasteiger partial charge < -0.3 is 9.47 Å². The Morgan fingerprint density at radius 3 is 2.55 bits per heavy atom. The highest BCUT2D eigenvalue weighted by Gasteiger charge is 2.32. The fraction of sp³-hybridized carbons (Fsp3) is 0.286. The van der Waals surface area contributed by atoms with Crippen molar-refractivity contribution in [2.24, 2.45) is 5.92 Å². The molecule has 176 valence electrons. The fourth-order valence-electron chi connectivity index (χ4n) is 2.70. The number of halogens is 2. The SMILES string of the molecule is COc1ccc(CN(c2scnc2C(=O)OCC(C)C)S(=O)(=O)c2cnc(Cl)c(F)c2)cc1. The molecule has 33 heavy (non-hydrogen) atoms. The Morgan fingerprint density at radius 1 is 1.24 bits per heavy atom. The summed E-state index contributed by atoms with van der Waals surface area (Å²) >= 11 is 6.57. The number of aromatic nitrogens is 2. The molecule has 0 saturated carbocycles. The second-order valence-corrected chi connectivity index (χ2v) is 10.4. The second-order valence-electron chi connectivity index (χ2n) is 7.30. The number of carbonyl (C=O) groups excluding carboxylic acids is 1. The summed E-state index contributed by atoms with van der Waals surface area (Å²) in [5, 5.41) is -0.415. The second kappa shape index (κ2) is 10.4. The summed E-state index contributed by atoms with van der Waals surface area (Å²) in [4.78, 5) is 19.8. The van der Waals surface area contributed by atoms with Gasteiger partial charge >= 0.3 is 5.97 Å². The normalized spacial score (nSPS) is 11.5. The van der Waals surface area contributed by atoms with E-state index in [1.807, 2.05) is 13.8 Å². The molecule has 0 bridgehead atoms. The molecule has 0 radical (unpaired) electrons. The van der Waals surface area contributed by atoms with Gasteiger partial charge in [0, 0.05) is 6.20 Å². The first-order valence-electron chi connectivity index (χ1n) is 9.70. The molecule has 2 heterocycles. The Labute approximate surface area is 200 Å². The van der Waals surface area contributed by atoms with Crippen molar-refractivity contribution in [3.8, 4) is 5.75 Å². The van der Waals surface area contributed by atoms with E-state index >= 15 is 0 Å². The largest absolute Gasteiger partial charge is 0.497 e. The van der Waals surface area contributed by atoms with E-state index in [4.69, 9.17) is 21.1 Å². The molecule has 0 unspecified atom stereocenters. The van der Waals surface area contributed by atoms with Crippen molar-refractivity contribution in [2.75, 3.05) is 18.0 Å². The standard InChI is InChI=1S/C21H21ClFN3O5S2/c1-13(2)11-31-21(27)18-20(32-12-25-18)26(10-14-4-6-15(30-3)7-5-14)33(28,29)16-8-17(23)19(22)24-9-16/h4-9,12-13H,10-11H2,1-3H3. The van der Waals surface area contributed by atoms with Gasteiger partial charge in [0.05, 0.1) is 25.8 Å². The lowest BCUT2D eigenvalue weighted by atomic mass is 10.2. The van der Waals surface area contributed by atoms with Gasteiger partial charge in [0.15, 0.2) is 16.7 Å². The molecule has 0 fully saturated rings. The van der Waals surface area contributed by atoms with Crippen LogP contribution in [0.5, 0.6) is 5.75 Å². The van der Waals surface area contributed by atoms with Crippen LogP contribution in [0, 0.1) is 11.7 Å². The monoisotopic (exact) mass is 513 g/mol. The van der Waals surface area contributed by atoms with Gasteiger partial charge in [0.25, 0.3) is 10.0 Å². The van der Waals surface area contributed by atoms with Crippen LogP contribution < -0.4 is 9.04 Å². The number of methoxy groups -OCH3 is 1. The minimum Gasteiger partial charge on any atom is -0.497 e. The lowest BCUT2D eigenvalue weighted by Crippen LogP contribution is -2.31. The van der Waals surface area contributed by atoms with Crippen LogP contribution >= 0.6 is 22.9 Å². The lowest BCUT2D eigenvalue weighted by Gasteiger charge is -2.23. The highest BCUT2D eigenvalue weighted by Crippen LogP contribution is 2.33. The van der Waals surface area contributed by atoms with E-state index in [2.05, 4.69) is 9.97 Å². The molecule has 2 aromatic heterocycles. The third kappa shape index (κ3) is 5.79. The third-order valence-corrected chi connectivity index (χ3v) is 7.31. The Bertz CT molecular complexity index is 1230. The number of thiazole rings is 1. The molecule has 0 aliphatic rings. The first-order valence-corrected chi connectivity index (χ1v) is 12.4. The van der Waals surface area contributed by atoms with Gasteiger partial charge in [-0.3, -0.25) is 4.31 Å². The molecule has 12 heteroatoms. The number of hydrogen-bond donors (Lipinski definition) is 0. The highest BCUT2D eigenvalue weighted by atomic mass is 35.5. The van der Waals surface area contributed by atoms with Gasteiger partial charge in [0.1, 0.15) is 15.6 Å². The van der Waals surface area contributed by atoms with E-state index < -0.39 is 31.9 Å². The van der Waals surface area contributed by atoms with E-state index in [1.165, 1.54) is 12.6 Å². The maximum Gasteiger partial charge on any atom is 0.360 e. The zero-order chi connectivity index (χ0) is 24.2. The van der Waals surface area contributed by atoms with Crippen molar-refractivity contribution in [1.82, 2.24) is 9.97 Å². The first kappa shape index (κ1) is 24.9. The number of esters is 1. The zero-order valence-electron chi connectivity index (χ0n) is 18.0. The van der Waals surface area contributed by atoms with Crippen LogP contribution in [0.2, 0.25) is 5.15 Å². The molecule has 3 rings (SSSR count). The molecule has 8 nitrogen and oxygen atoms in total. The maximum absolute atomic E-state index is 14.0. The van der Waals surface area contributed by atoms with Gasteiger partial charge in [-0.25, -0.2) is 27.6 Å². The molecule has 0 amide bonds. The summed E-state index contributed by atoms with van der Waals surface area (Å²) in [6.45, 7) is 3.73. The number of rotatable bonds is 9. The molecule has 0 aliphatic heterocycles. The molecule has 0 atom stereocenters. The number of ether oxygens (including phenoxy) is 2. The Balaban J connectivity index is 2.07. The zero-order valence-corrected chi connectivity index (χ0v) is 20.4. The van der Waals surface area contributed by atoms with Crippen LogP contribution in [0.1, 0.15) is 29.9 Å². The van der Waals surface area contributed by atoms with Crippen molar-refractivity contribution in [3.63, 3.8) is 0 Å². The van der Waals surface area contributed by atoms with Crippen LogP contribution in [-0.4, -0.2) is 38.1 Å². The predicted molar refractivity (Wildman–Crippen MR) is 123 cm³/mol. The maximum atomic E-state index is 14.0. The third-order valence-electron chi connectivity index (χ3n) is 4.36. The molecule has 3 aromatic rings. The number of carbonyl (C=O) groups is 1. The quantitative estimate of drug-likeness (QED) is 0.306. The van der Waals surface area contributed by atoms with Crippen molar-refractivity contribution in [1.29, 1.82) is 0 Å².